The molecule has 24 heavy (non-hydrogen) atoms. The largest absolute Gasteiger partial charge is 0.487 e. The number of fused-ring (bicyclic) bond motifs is 1. The molecule has 0 saturated carbocycles. The summed E-state index contributed by atoms with van der Waals surface area (Å²) >= 11 is 12.1. The number of ether oxygens (including phenoxy) is 1. The number of carbonyl (C=O) groups is 1. The molecule has 0 atom stereocenters. The van der Waals surface area contributed by atoms with E-state index in [9.17, 15) is 4.79 Å². The van der Waals surface area contributed by atoms with Crippen LogP contribution in [0.3, 0.4) is 0 Å². The summed E-state index contributed by atoms with van der Waals surface area (Å²) in [7, 11) is 0. The Morgan fingerprint density at radius 2 is 2.00 bits per heavy atom. The van der Waals surface area contributed by atoms with E-state index in [1.54, 1.807) is 36.4 Å². The fourth-order valence-electron chi connectivity index (χ4n) is 2.18. The van der Waals surface area contributed by atoms with Crippen molar-refractivity contribution in [3.05, 3.63) is 63.1 Å². The van der Waals surface area contributed by atoms with Gasteiger partial charge in [0.05, 0.1) is 11.2 Å². The van der Waals surface area contributed by atoms with Gasteiger partial charge in [-0.2, -0.15) is 5.10 Å². The van der Waals surface area contributed by atoms with E-state index in [2.05, 4.69) is 10.5 Å². The van der Waals surface area contributed by atoms with Gasteiger partial charge in [0.15, 0.2) is 0 Å². The van der Waals surface area contributed by atoms with E-state index in [0.717, 1.165) is 11.1 Å². The monoisotopic (exact) mass is 361 g/mol. The standard InChI is InChI=1S/C17H13Cl2N3O2/c18-13-6-12-5-10(9-24-16(12)15(19)7-13)8-21-22-17(23)11-1-3-14(20)4-2-11/h1-8H,9,20H2,(H,22,23)/b21-8+. The summed E-state index contributed by atoms with van der Waals surface area (Å²) in [5.74, 6) is 0.263. The molecule has 0 radical (unpaired) electrons. The molecule has 0 saturated heterocycles. The lowest BCUT2D eigenvalue weighted by Crippen LogP contribution is -2.18. The number of hydrogen-bond acceptors (Lipinski definition) is 4. The van der Waals surface area contributed by atoms with Crippen LogP contribution in [-0.4, -0.2) is 18.7 Å². The van der Waals surface area contributed by atoms with Crippen molar-refractivity contribution in [3.8, 4) is 5.75 Å². The van der Waals surface area contributed by atoms with Crippen molar-refractivity contribution < 1.29 is 9.53 Å². The average Bonchev–Trinajstić information content (AvgIpc) is 2.55. The van der Waals surface area contributed by atoms with Crippen LogP contribution in [0.4, 0.5) is 5.69 Å². The minimum Gasteiger partial charge on any atom is -0.487 e. The molecule has 5 nitrogen and oxygen atoms in total. The normalized spacial score (nSPS) is 13.2. The van der Waals surface area contributed by atoms with Crippen LogP contribution in [0.15, 0.2) is 47.1 Å². The van der Waals surface area contributed by atoms with Crippen molar-refractivity contribution >= 4 is 47.1 Å². The average molecular weight is 362 g/mol. The summed E-state index contributed by atoms with van der Waals surface area (Å²) in [6, 6.07) is 9.94. The first-order valence-corrected chi connectivity index (χ1v) is 7.80. The van der Waals surface area contributed by atoms with Crippen LogP contribution in [0.25, 0.3) is 6.08 Å². The number of carbonyl (C=O) groups excluding carboxylic acids is 1. The van der Waals surface area contributed by atoms with Crippen LogP contribution in [0, 0.1) is 0 Å². The molecule has 0 fully saturated rings. The molecule has 2 aromatic rings. The van der Waals surface area contributed by atoms with Gasteiger partial charge in [0.2, 0.25) is 0 Å². The topological polar surface area (TPSA) is 76.7 Å². The Morgan fingerprint density at radius 1 is 1.25 bits per heavy atom. The van der Waals surface area contributed by atoms with E-state index in [1.165, 1.54) is 6.21 Å². The lowest BCUT2D eigenvalue weighted by Gasteiger charge is -2.17. The number of nitrogens with zero attached hydrogens (tertiary/aromatic N) is 1. The molecule has 1 heterocycles. The molecule has 7 heteroatoms. The molecular formula is C17H13Cl2N3O2. The highest BCUT2D eigenvalue weighted by atomic mass is 35.5. The molecule has 3 rings (SSSR count). The molecule has 0 unspecified atom stereocenters. The summed E-state index contributed by atoms with van der Waals surface area (Å²) in [5.41, 5.74) is 10.6. The summed E-state index contributed by atoms with van der Waals surface area (Å²) in [4.78, 5) is 11.9. The molecule has 1 amide bonds. The smallest absolute Gasteiger partial charge is 0.271 e. The van der Waals surface area contributed by atoms with Gasteiger partial charge in [0, 0.05) is 27.4 Å². The third kappa shape index (κ3) is 3.69. The minimum atomic E-state index is -0.324. The molecule has 0 bridgehead atoms. The van der Waals surface area contributed by atoms with Gasteiger partial charge in [-0.15, -0.1) is 0 Å². The first-order chi connectivity index (χ1) is 11.5. The molecule has 0 aromatic heterocycles. The molecule has 0 aliphatic carbocycles. The van der Waals surface area contributed by atoms with Crippen LogP contribution < -0.4 is 15.9 Å². The first kappa shape index (κ1) is 16.4. The van der Waals surface area contributed by atoms with Crippen molar-refractivity contribution in [2.45, 2.75) is 0 Å². The number of hydrazone groups is 1. The van der Waals surface area contributed by atoms with E-state index in [-0.39, 0.29) is 5.91 Å². The van der Waals surface area contributed by atoms with Gasteiger partial charge in [-0.1, -0.05) is 23.2 Å². The van der Waals surface area contributed by atoms with Crippen molar-refractivity contribution in [2.24, 2.45) is 5.10 Å². The Labute approximate surface area is 148 Å². The number of benzene rings is 2. The second-order valence-electron chi connectivity index (χ2n) is 5.14. The van der Waals surface area contributed by atoms with Gasteiger partial charge in [0.25, 0.3) is 5.91 Å². The maximum absolute atomic E-state index is 11.9. The highest BCUT2D eigenvalue weighted by molar-refractivity contribution is 6.36. The number of hydrogen-bond donors (Lipinski definition) is 2. The maximum Gasteiger partial charge on any atom is 0.271 e. The van der Waals surface area contributed by atoms with Crippen molar-refractivity contribution in [2.75, 3.05) is 12.3 Å². The molecule has 1 aliphatic rings. The summed E-state index contributed by atoms with van der Waals surface area (Å²) in [5, 5.41) is 4.92. The van der Waals surface area contributed by atoms with Gasteiger partial charge in [0.1, 0.15) is 12.4 Å². The lowest BCUT2D eigenvalue weighted by atomic mass is 10.1. The number of halogens is 2. The van der Waals surface area contributed by atoms with Gasteiger partial charge in [-0.3, -0.25) is 4.79 Å². The molecule has 3 N–H and O–H groups in total. The SMILES string of the molecule is Nc1ccc(C(=O)N/N=C/C2=Cc3cc(Cl)cc(Cl)c3OC2)cc1. The van der Waals surface area contributed by atoms with Gasteiger partial charge < -0.3 is 10.5 Å². The van der Waals surface area contributed by atoms with Crippen LogP contribution in [0.1, 0.15) is 15.9 Å². The quantitative estimate of drug-likeness (QED) is 0.496. The van der Waals surface area contributed by atoms with Crippen molar-refractivity contribution in [1.29, 1.82) is 0 Å². The van der Waals surface area contributed by atoms with Crippen molar-refractivity contribution in [1.82, 2.24) is 5.43 Å². The number of nitrogen functional groups attached to an aromatic ring is 1. The highest BCUT2D eigenvalue weighted by Crippen LogP contribution is 2.36. The van der Waals surface area contributed by atoms with Gasteiger partial charge >= 0.3 is 0 Å². The first-order valence-electron chi connectivity index (χ1n) is 7.04. The number of nitrogens with one attached hydrogen (secondary N) is 1. The zero-order valence-electron chi connectivity index (χ0n) is 12.4. The van der Waals surface area contributed by atoms with Gasteiger partial charge in [-0.25, -0.2) is 5.43 Å². The fraction of sp³-hybridized carbons (Fsp3) is 0.0588. The van der Waals surface area contributed by atoms with E-state index < -0.39 is 0 Å². The number of amides is 1. The Kier molecular flexibility index (Phi) is 4.74. The molecule has 0 spiro atoms. The number of rotatable bonds is 3. The zero-order valence-corrected chi connectivity index (χ0v) is 13.9. The summed E-state index contributed by atoms with van der Waals surface area (Å²) in [6.07, 6.45) is 3.38. The number of anilines is 1. The van der Waals surface area contributed by atoms with Crippen LogP contribution in [-0.2, 0) is 0 Å². The summed E-state index contributed by atoms with van der Waals surface area (Å²) < 4.78 is 5.60. The van der Waals surface area contributed by atoms with E-state index >= 15 is 0 Å². The Balaban J connectivity index is 1.70. The predicted octanol–water partition coefficient (Wildman–Crippen LogP) is 3.77. The number of nitrogens with two attached hydrogens (primary N) is 1. The van der Waals surface area contributed by atoms with Crippen LogP contribution in [0.2, 0.25) is 10.0 Å². The highest BCUT2D eigenvalue weighted by Gasteiger charge is 2.15. The lowest BCUT2D eigenvalue weighted by molar-refractivity contribution is 0.0955. The zero-order chi connectivity index (χ0) is 17.1. The Morgan fingerprint density at radius 3 is 2.75 bits per heavy atom. The Bertz CT molecular complexity index is 846. The van der Waals surface area contributed by atoms with E-state index in [0.29, 0.717) is 33.7 Å². The molecule has 122 valence electrons. The second kappa shape index (κ2) is 6.95. The fourth-order valence-corrected chi connectivity index (χ4v) is 2.75. The summed E-state index contributed by atoms with van der Waals surface area (Å²) in [6.45, 7) is 0.301. The van der Waals surface area contributed by atoms with E-state index in [4.69, 9.17) is 33.7 Å². The third-order valence-electron chi connectivity index (χ3n) is 3.33. The second-order valence-corrected chi connectivity index (χ2v) is 5.98. The molecule has 1 aliphatic heterocycles. The predicted molar refractivity (Wildman–Crippen MR) is 96.7 cm³/mol. The van der Waals surface area contributed by atoms with Crippen LogP contribution >= 0.6 is 23.2 Å². The van der Waals surface area contributed by atoms with Crippen molar-refractivity contribution in [3.63, 3.8) is 0 Å². The molecule has 2 aromatic carbocycles. The van der Waals surface area contributed by atoms with E-state index in [1.807, 2.05) is 6.08 Å². The maximum atomic E-state index is 11.9. The minimum absolute atomic E-state index is 0.301. The Hall–Kier alpha value is -2.50. The third-order valence-corrected chi connectivity index (χ3v) is 3.83. The van der Waals surface area contributed by atoms with Crippen LogP contribution in [0.5, 0.6) is 5.75 Å². The van der Waals surface area contributed by atoms with Gasteiger partial charge in [-0.05, 0) is 42.5 Å². The molecular weight excluding hydrogens is 349 g/mol.